The van der Waals surface area contributed by atoms with E-state index in [0.29, 0.717) is 24.5 Å². The average Bonchev–Trinajstić information content (AvgIpc) is 2.61. The van der Waals surface area contributed by atoms with Crippen LogP contribution in [-0.2, 0) is 11.4 Å². The van der Waals surface area contributed by atoms with E-state index in [9.17, 15) is 4.79 Å². The Balaban J connectivity index is 1.75. The zero-order chi connectivity index (χ0) is 16.1. The van der Waals surface area contributed by atoms with Crippen molar-refractivity contribution in [3.63, 3.8) is 0 Å². The summed E-state index contributed by atoms with van der Waals surface area (Å²) in [5.74, 6) is 1.51. The number of nitrogens with zero attached hydrogens (tertiary/aromatic N) is 1. The van der Waals surface area contributed by atoms with Gasteiger partial charge < -0.3 is 14.4 Å². The van der Waals surface area contributed by atoms with Gasteiger partial charge in [0.2, 0.25) is 5.91 Å². The van der Waals surface area contributed by atoms with E-state index >= 15 is 0 Å². The molecule has 2 aromatic rings. The summed E-state index contributed by atoms with van der Waals surface area (Å²) in [6, 6.07) is 15.7. The highest BCUT2D eigenvalue weighted by Gasteiger charge is 2.20. The molecule has 0 N–H and O–H groups in total. The van der Waals surface area contributed by atoms with Crippen LogP contribution < -0.4 is 14.4 Å². The minimum Gasteiger partial charge on any atom is -0.493 e. The maximum Gasteiger partial charge on any atom is 0.226 e. The van der Waals surface area contributed by atoms with Gasteiger partial charge in [-0.25, -0.2) is 0 Å². The van der Waals surface area contributed by atoms with E-state index in [2.05, 4.69) is 0 Å². The summed E-state index contributed by atoms with van der Waals surface area (Å²) in [7, 11) is 1.62. The number of rotatable bonds is 5. The maximum atomic E-state index is 12.0. The number of benzene rings is 2. The minimum atomic E-state index is 0.177. The molecular weight excluding hydrogens is 290 g/mol. The van der Waals surface area contributed by atoms with E-state index in [0.717, 1.165) is 30.6 Å². The second-order valence-electron chi connectivity index (χ2n) is 5.61. The molecule has 1 heterocycles. The zero-order valence-electron chi connectivity index (χ0n) is 13.3. The number of piperidine rings is 1. The fraction of sp³-hybridized carbons (Fsp3) is 0.316. The van der Waals surface area contributed by atoms with Crippen molar-refractivity contribution in [1.29, 1.82) is 0 Å². The van der Waals surface area contributed by atoms with Crippen molar-refractivity contribution in [3.8, 4) is 11.5 Å². The van der Waals surface area contributed by atoms with Crippen molar-refractivity contribution in [1.82, 2.24) is 0 Å². The Kier molecular flexibility index (Phi) is 4.81. The molecule has 1 saturated heterocycles. The second kappa shape index (κ2) is 7.18. The number of amides is 1. The predicted molar refractivity (Wildman–Crippen MR) is 90.0 cm³/mol. The Morgan fingerprint density at radius 3 is 2.61 bits per heavy atom. The third-order valence-electron chi connectivity index (χ3n) is 4.02. The molecule has 4 heteroatoms. The first-order chi connectivity index (χ1) is 11.3. The van der Waals surface area contributed by atoms with Crippen molar-refractivity contribution in [2.24, 2.45) is 0 Å². The highest BCUT2D eigenvalue weighted by atomic mass is 16.5. The summed E-state index contributed by atoms with van der Waals surface area (Å²) < 4.78 is 11.3. The summed E-state index contributed by atoms with van der Waals surface area (Å²) in [6.45, 7) is 1.26. The van der Waals surface area contributed by atoms with Gasteiger partial charge in [0.25, 0.3) is 0 Å². The SMILES string of the molecule is COc1cc(N2CCCCC2=O)ccc1OCc1ccccc1. The molecule has 23 heavy (non-hydrogen) atoms. The average molecular weight is 311 g/mol. The minimum absolute atomic E-state index is 0.177. The number of carbonyl (C=O) groups is 1. The van der Waals surface area contributed by atoms with Gasteiger partial charge >= 0.3 is 0 Å². The molecule has 1 aliphatic heterocycles. The number of hydrogen-bond acceptors (Lipinski definition) is 3. The van der Waals surface area contributed by atoms with Crippen LogP contribution in [0.1, 0.15) is 24.8 Å². The van der Waals surface area contributed by atoms with Crippen LogP contribution in [0.3, 0.4) is 0 Å². The third kappa shape index (κ3) is 3.65. The van der Waals surface area contributed by atoms with Crippen molar-refractivity contribution < 1.29 is 14.3 Å². The van der Waals surface area contributed by atoms with Crippen molar-refractivity contribution in [2.75, 3.05) is 18.6 Å². The first-order valence-corrected chi connectivity index (χ1v) is 7.93. The van der Waals surface area contributed by atoms with Gasteiger partial charge in [-0.1, -0.05) is 30.3 Å². The lowest BCUT2D eigenvalue weighted by atomic mass is 10.1. The monoisotopic (exact) mass is 311 g/mol. The molecule has 0 aromatic heterocycles. The van der Waals surface area contributed by atoms with Gasteiger partial charge in [-0.15, -0.1) is 0 Å². The van der Waals surface area contributed by atoms with Gasteiger partial charge in [-0.2, -0.15) is 0 Å². The second-order valence-corrected chi connectivity index (χ2v) is 5.61. The van der Waals surface area contributed by atoms with Crippen LogP contribution in [0.2, 0.25) is 0 Å². The summed E-state index contributed by atoms with van der Waals surface area (Å²) in [5.41, 5.74) is 1.98. The molecular formula is C19H21NO3. The van der Waals surface area contributed by atoms with Crippen LogP contribution in [0.4, 0.5) is 5.69 Å². The quantitative estimate of drug-likeness (QED) is 0.843. The Hall–Kier alpha value is -2.49. The van der Waals surface area contributed by atoms with E-state index in [-0.39, 0.29) is 5.91 Å². The topological polar surface area (TPSA) is 38.8 Å². The van der Waals surface area contributed by atoms with Crippen molar-refractivity contribution >= 4 is 11.6 Å². The number of hydrogen-bond donors (Lipinski definition) is 0. The van der Waals surface area contributed by atoms with Gasteiger partial charge in [0.05, 0.1) is 7.11 Å². The highest BCUT2D eigenvalue weighted by molar-refractivity contribution is 5.94. The zero-order valence-corrected chi connectivity index (χ0v) is 13.3. The lowest BCUT2D eigenvalue weighted by Gasteiger charge is -2.27. The van der Waals surface area contributed by atoms with Crippen LogP contribution in [0.15, 0.2) is 48.5 Å². The van der Waals surface area contributed by atoms with Crippen LogP contribution in [0.5, 0.6) is 11.5 Å². The predicted octanol–water partition coefficient (Wildman–Crippen LogP) is 3.79. The van der Waals surface area contributed by atoms with Crippen molar-refractivity contribution in [2.45, 2.75) is 25.9 Å². The van der Waals surface area contributed by atoms with Gasteiger partial charge in [-0.05, 0) is 30.5 Å². The highest BCUT2D eigenvalue weighted by Crippen LogP contribution is 2.33. The van der Waals surface area contributed by atoms with Crippen LogP contribution in [0.25, 0.3) is 0 Å². The molecule has 120 valence electrons. The summed E-state index contributed by atoms with van der Waals surface area (Å²) in [5, 5.41) is 0. The summed E-state index contributed by atoms with van der Waals surface area (Å²) >= 11 is 0. The first kappa shape index (κ1) is 15.4. The number of anilines is 1. The van der Waals surface area contributed by atoms with E-state index in [1.807, 2.05) is 53.4 Å². The smallest absolute Gasteiger partial charge is 0.226 e. The number of carbonyl (C=O) groups excluding carboxylic acids is 1. The largest absolute Gasteiger partial charge is 0.493 e. The van der Waals surface area contributed by atoms with E-state index in [1.165, 1.54) is 0 Å². The Bertz CT molecular complexity index is 670. The molecule has 1 aliphatic rings. The van der Waals surface area contributed by atoms with Crippen LogP contribution in [-0.4, -0.2) is 19.6 Å². The Morgan fingerprint density at radius 2 is 1.87 bits per heavy atom. The Morgan fingerprint density at radius 1 is 1.04 bits per heavy atom. The molecule has 0 spiro atoms. The molecule has 0 aliphatic carbocycles. The standard InChI is InChI=1S/C19H21NO3/c1-22-18-13-16(20-12-6-5-9-19(20)21)10-11-17(18)23-14-15-7-3-2-4-8-15/h2-4,7-8,10-11,13H,5-6,9,12,14H2,1H3. The summed E-state index contributed by atoms with van der Waals surface area (Å²) in [6.07, 6.45) is 2.64. The molecule has 0 saturated carbocycles. The van der Waals surface area contributed by atoms with Crippen molar-refractivity contribution in [3.05, 3.63) is 54.1 Å². The molecule has 0 bridgehead atoms. The number of ether oxygens (including phenoxy) is 2. The third-order valence-corrected chi connectivity index (χ3v) is 4.02. The van der Waals surface area contributed by atoms with Gasteiger partial charge in [0.15, 0.2) is 11.5 Å². The molecule has 3 rings (SSSR count). The molecule has 1 amide bonds. The summed E-state index contributed by atoms with van der Waals surface area (Å²) in [4.78, 5) is 13.9. The van der Waals surface area contributed by atoms with Crippen LogP contribution >= 0.6 is 0 Å². The molecule has 2 aromatic carbocycles. The molecule has 0 unspecified atom stereocenters. The Labute approximate surface area is 136 Å². The lowest BCUT2D eigenvalue weighted by Crippen LogP contribution is -2.35. The molecule has 1 fully saturated rings. The van der Waals surface area contributed by atoms with Gasteiger partial charge in [0.1, 0.15) is 6.61 Å². The fourth-order valence-electron chi connectivity index (χ4n) is 2.76. The van der Waals surface area contributed by atoms with Gasteiger partial charge in [-0.3, -0.25) is 4.79 Å². The molecule has 0 radical (unpaired) electrons. The van der Waals surface area contributed by atoms with E-state index in [1.54, 1.807) is 7.11 Å². The number of methoxy groups -OCH3 is 1. The maximum absolute atomic E-state index is 12.0. The fourth-order valence-corrected chi connectivity index (χ4v) is 2.76. The molecule has 4 nitrogen and oxygen atoms in total. The van der Waals surface area contributed by atoms with Gasteiger partial charge in [0, 0.05) is 24.7 Å². The van der Waals surface area contributed by atoms with E-state index in [4.69, 9.17) is 9.47 Å². The molecule has 0 atom stereocenters. The van der Waals surface area contributed by atoms with Crippen LogP contribution in [0, 0.1) is 0 Å². The first-order valence-electron chi connectivity index (χ1n) is 7.93. The normalized spacial score (nSPS) is 14.7. The lowest BCUT2D eigenvalue weighted by molar-refractivity contribution is -0.119. The van der Waals surface area contributed by atoms with E-state index < -0.39 is 0 Å².